The maximum absolute atomic E-state index is 12.1. The maximum Gasteiger partial charge on any atom is 0.335 e. The molecule has 148 valence electrons. The second-order valence-corrected chi connectivity index (χ2v) is 6.26. The molecule has 2 aromatic rings. The lowest BCUT2D eigenvalue weighted by Crippen LogP contribution is -2.13. The van der Waals surface area contributed by atoms with E-state index in [2.05, 4.69) is 5.32 Å². The molecule has 0 spiro atoms. The molecule has 2 N–H and O–H groups in total. The third-order valence-electron chi connectivity index (χ3n) is 4.12. The molecule has 7 heteroatoms. The van der Waals surface area contributed by atoms with Crippen LogP contribution in [0.25, 0.3) is 0 Å². The molecule has 0 atom stereocenters. The van der Waals surface area contributed by atoms with Crippen LogP contribution in [0.5, 0.6) is 11.5 Å². The SMILES string of the molecule is COc1cc(C(C)=O)ccc1OCCCC(=O)Nc1ccc(C(=O)O)c(C)c1. The molecule has 0 aliphatic rings. The van der Waals surface area contributed by atoms with Crippen molar-refractivity contribution in [2.45, 2.75) is 26.7 Å². The van der Waals surface area contributed by atoms with Crippen molar-refractivity contribution in [2.24, 2.45) is 0 Å². The number of hydrogen-bond acceptors (Lipinski definition) is 5. The van der Waals surface area contributed by atoms with Crippen LogP contribution in [0.2, 0.25) is 0 Å². The largest absolute Gasteiger partial charge is 0.493 e. The normalized spacial score (nSPS) is 10.2. The number of carbonyl (C=O) groups is 3. The van der Waals surface area contributed by atoms with Crippen LogP contribution >= 0.6 is 0 Å². The Morgan fingerprint density at radius 3 is 2.43 bits per heavy atom. The Kier molecular flexibility index (Phi) is 7.14. The van der Waals surface area contributed by atoms with Crippen LogP contribution in [-0.4, -0.2) is 36.5 Å². The number of carboxylic acids is 1. The average molecular weight is 385 g/mol. The van der Waals surface area contributed by atoms with Crippen LogP contribution in [0.4, 0.5) is 5.69 Å². The van der Waals surface area contributed by atoms with Crippen molar-refractivity contribution in [3.8, 4) is 11.5 Å². The molecule has 0 unspecified atom stereocenters. The molecule has 0 aliphatic heterocycles. The zero-order valence-corrected chi connectivity index (χ0v) is 16.1. The summed E-state index contributed by atoms with van der Waals surface area (Å²) in [7, 11) is 1.50. The van der Waals surface area contributed by atoms with Crippen LogP contribution < -0.4 is 14.8 Å². The number of aryl methyl sites for hydroxylation is 1. The fraction of sp³-hybridized carbons (Fsp3) is 0.286. The predicted molar refractivity (Wildman–Crippen MR) is 104 cm³/mol. The van der Waals surface area contributed by atoms with Gasteiger partial charge < -0.3 is 19.9 Å². The lowest BCUT2D eigenvalue weighted by Gasteiger charge is -2.12. The summed E-state index contributed by atoms with van der Waals surface area (Å²) in [6.45, 7) is 3.46. The quantitative estimate of drug-likeness (QED) is 0.504. The van der Waals surface area contributed by atoms with Gasteiger partial charge in [-0.2, -0.15) is 0 Å². The van der Waals surface area contributed by atoms with Gasteiger partial charge in [-0.3, -0.25) is 9.59 Å². The number of ether oxygens (including phenoxy) is 2. The molecule has 0 heterocycles. The second-order valence-electron chi connectivity index (χ2n) is 6.26. The number of rotatable bonds is 9. The Labute approximate surface area is 163 Å². The first-order valence-electron chi connectivity index (χ1n) is 8.77. The number of Topliss-reactive ketones (excluding diaryl/α,β-unsaturated/α-hetero) is 1. The molecule has 0 saturated carbocycles. The average Bonchev–Trinajstić information content (AvgIpc) is 2.64. The molecule has 7 nitrogen and oxygen atoms in total. The van der Waals surface area contributed by atoms with Crippen LogP contribution in [0.3, 0.4) is 0 Å². The Hall–Kier alpha value is -3.35. The van der Waals surface area contributed by atoms with E-state index in [0.717, 1.165) is 0 Å². The van der Waals surface area contributed by atoms with Gasteiger partial charge in [0.05, 0.1) is 19.3 Å². The van der Waals surface area contributed by atoms with Gasteiger partial charge in [-0.05, 0) is 62.2 Å². The first-order valence-corrected chi connectivity index (χ1v) is 8.77. The van der Waals surface area contributed by atoms with Gasteiger partial charge in [0.25, 0.3) is 0 Å². The number of amides is 1. The van der Waals surface area contributed by atoms with Crippen molar-refractivity contribution in [3.05, 3.63) is 53.1 Å². The fourth-order valence-corrected chi connectivity index (χ4v) is 2.63. The minimum Gasteiger partial charge on any atom is -0.493 e. The smallest absolute Gasteiger partial charge is 0.335 e. The number of hydrogen-bond donors (Lipinski definition) is 2. The van der Waals surface area contributed by atoms with Crippen molar-refractivity contribution < 1.29 is 29.0 Å². The highest BCUT2D eigenvalue weighted by Gasteiger charge is 2.10. The number of nitrogens with one attached hydrogen (secondary N) is 1. The molecule has 0 bridgehead atoms. The second kappa shape index (κ2) is 9.55. The molecule has 2 aromatic carbocycles. The van der Waals surface area contributed by atoms with Gasteiger partial charge in [-0.1, -0.05) is 0 Å². The van der Waals surface area contributed by atoms with E-state index < -0.39 is 5.97 Å². The van der Waals surface area contributed by atoms with Gasteiger partial charge in [0, 0.05) is 17.7 Å². The predicted octanol–water partition coefficient (Wildman–Crippen LogP) is 3.70. The Balaban J connectivity index is 1.84. The molecule has 0 radical (unpaired) electrons. The topological polar surface area (TPSA) is 102 Å². The van der Waals surface area contributed by atoms with E-state index in [1.165, 1.54) is 20.1 Å². The molecule has 2 rings (SSSR count). The molecular formula is C21H23NO6. The number of methoxy groups -OCH3 is 1. The summed E-state index contributed by atoms with van der Waals surface area (Å²) < 4.78 is 10.9. The van der Waals surface area contributed by atoms with E-state index >= 15 is 0 Å². The van der Waals surface area contributed by atoms with Crippen molar-refractivity contribution >= 4 is 23.3 Å². The van der Waals surface area contributed by atoms with Crippen molar-refractivity contribution in [1.29, 1.82) is 0 Å². The van der Waals surface area contributed by atoms with E-state index in [1.54, 1.807) is 37.3 Å². The molecule has 0 aromatic heterocycles. The number of benzene rings is 2. The highest BCUT2D eigenvalue weighted by atomic mass is 16.5. The van der Waals surface area contributed by atoms with Crippen LogP contribution in [0, 0.1) is 6.92 Å². The summed E-state index contributed by atoms with van der Waals surface area (Å²) in [5.41, 5.74) is 1.87. The minimum atomic E-state index is -1.00. The van der Waals surface area contributed by atoms with Gasteiger partial charge in [0.1, 0.15) is 0 Å². The summed E-state index contributed by atoms with van der Waals surface area (Å²) >= 11 is 0. The van der Waals surface area contributed by atoms with Gasteiger partial charge >= 0.3 is 5.97 Å². The first kappa shape index (κ1) is 21.0. The van der Waals surface area contributed by atoms with Crippen LogP contribution in [0.15, 0.2) is 36.4 Å². The molecule has 0 fully saturated rings. The van der Waals surface area contributed by atoms with E-state index in [4.69, 9.17) is 14.6 Å². The number of carbonyl (C=O) groups excluding carboxylic acids is 2. The lowest BCUT2D eigenvalue weighted by molar-refractivity contribution is -0.116. The molecule has 0 saturated heterocycles. The zero-order chi connectivity index (χ0) is 20.7. The van der Waals surface area contributed by atoms with Crippen LogP contribution in [-0.2, 0) is 4.79 Å². The summed E-state index contributed by atoms with van der Waals surface area (Å²) in [5, 5.41) is 11.8. The number of aromatic carboxylic acids is 1. The Morgan fingerprint density at radius 1 is 1.07 bits per heavy atom. The Bertz CT molecular complexity index is 890. The molecule has 0 aliphatic carbocycles. The third-order valence-corrected chi connectivity index (χ3v) is 4.12. The number of carboxylic acid groups (broad SMARTS) is 1. The molecular weight excluding hydrogens is 362 g/mol. The number of anilines is 1. The van der Waals surface area contributed by atoms with Gasteiger partial charge in [0.2, 0.25) is 5.91 Å². The van der Waals surface area contributed by atoms with E-state index in [-0.39, 0.29) is 23.7 Å². The van der Waals surface area contributed by atoms with E-state index in [1.807, 2.05) is 0 Å². The summed E-state index contributed by atoms with van der Waals surface area (Å²) in [6, 6.07) is 9.60. The maximum atomic E-state index is 12.1. The monoisotopic (exact) mass is 385 g/mol. The number of ketones is 1. The Morgan fingerprint density at radius 2 is 1.82 bits per heavy atom. The molecule has 28 heavy (non-hydrogen) atoms. The van der Waals surface area contributed by atoms with Gasteiger partial charge in [-0.25, -0.2) is 4.79 Å². The fourth-order valence-electron chi connectivity index (χ4n) is 2.63. The summed E-state index contributed by atoms with van der Waals surface area (Å²) in [5.74, 6) is -0.281. The summed E-state index contributed by atoms with van der Waals surface area (Å²) in [6.07, 6.45) is 0.725. The standard InChI is InChI=1S/C21H23NO6/c1-13-11-16(7-8-17(13)21(25)26)22-20(24)5-4-10-28-18-9-6-15(14(2)23)12-19(18)27-3/h6-9,11-12H,4-5,10H2,1-3H3,(H,22,24)(H,25,26). The summed E-state index contributed by atoms with van der Waals surface area (Å²) in [4.78, 5) is 34.5. The van der Waals surface area contributed by atoms with Gasteiger partial charge in [0.15, 0.2) is 17.3 Å². The van der Waals surface area contributed by atoms with Gasteiger partial charge in [-0.15, -0.1) is 0 Å². The highest BCUT2D eigenvalue weighted by molar-refractivity contribution is 5.95. The molecule has 1 amide bonds. The first-order chi connectivity index (χ1) is 13.3. The van der Waals surface area contributed by atoms with E-state index in [0.29, 0.717) is 41.3 Å². The van der Waals surface area contributed by atoms with Crippen molar-refractivity contribution in [3.63, 3.8) is 0 Å². The zero-order valence-electron chi connectivity index (χ0n) is 16.1. The van der Waals surface area contributed by atoms with Crippen LogP contribution in [0.1, 0.15) is 46.0 Å². The third kappa shape index (κ3) is 5.57. The van der Waals surface area contributed by atoms with Crippen molar-refractivity contribution in [1.82, 2.24) is 0 Å². The highest BCUT2D eigenvalue weighted by Crippen LogP contribution is 2.28. The minimum absolute atomic E-state index is 0.0619. The lowest BCUT2D eigenvalue weighted by atomic mass is 10.1. The van der Waals surface area contributed by atoms with E-state index in [9.17, 15) is 14.4 Å². The van der Waals surface area contributed by atoms with Crippen molar-refractivity contribution in [2.75, 3.05) is 19.0 Å².